The molecule has 2 aromatic heterocycles. The lowest BCUT2D eigenvalue weighted by atomic mass is 10.1. The van der Waals surface area contributed by atoms with Gasteiger partial charge in [-0.05, 0) is 56.9 Å². The minimum absolute atomic E-state index is 0.0283. The van der Waals surface area contributed by atoms with E-state index >= 15 is 0 Å². The van der Waals surface area contributed by atoms with E-state index in [2.05, 4.69) is 10.3 Å². The van der Waals surface area contributed by atoms with Gasteiger partial charge in [0.15, 0.2) is 0 Å². The molecule has 172 valence electrons. The maximum atomic E-state index is 13.4. The number of ether oxygens (including phenoxy) is 1. The smallest absolute Gasteiger partial charge is 0.339 e. The lowest BCUT2D eigenvalue weighted by molar-refractivity contribution is -0.116. The largest absolute Gasteiger partial charge is 0.462 e. The van der Waals surface area contributed by atoms with E-state index in [-0.39, 0.29) is 29.1 Å². The van der Waals surface area contributed by atoms with Gasteiger partial charge < -0.3 is 10.1 Å². The van der Waals surface area contributed by atoms with E-state index < -0.39 is 29.7 Å². The van der Waals surface area contributed by atoms with Crippen LogP contribution < -0.4 is 16.6 Å². The Labute approximate surface area is 190 Å². The van der Waals surface area contributed by atoms with E-state index in [1.54, 1.807) is 19.1 Å². The molecule has 33 heavy (non-hydrogen) atoms. The molecule has 1 amide bonds. The Morgan fingerprint density at radius 2 is 1.94 bits per heavy atom. The number of rotatable bonds is 6. The summed E-state index contributed by atoms with van der Waals surface area (Å²) in [6.45, 7) is 5.12. The second kappa shape index (κ2) is 8.65. The summed E-state index contributed by atoms with van der Waals surface area (Å²) in [5, 5.41) is 2.73. The fourth-order valence-corrected chi connectivity index (χ4v) is 3.82. The Morgan fingerprint density at radius 3 is 2.61 bits per heavy atom. The molecule has 0 spiro atoms. The van der Waals surface area contributed by atoms with Crippen LogP contribution in [0, 0.1) is 13.8 Å². The second-order valence-electron chi connectivity index (χ2n) is 8.32. The zero-order valence-electron chi connectivity index (χ0n) is 19.1. The summed E-state index contributed by atoms with van der Waals surface area (Å²) >= 11 is 0. The van der Waals surface area contributed by atoms with Gasteiger partial charge in [-0.2, -0.15) is 0 Å². The molecule has 1 aliphatic rings. The number of anilines is 1. The van der Waals surface area contributed by atoms with Crippen LogP contribution in [0.25, 0.3) is 11.0 Å². The quantitative estimate of drug-likeness (QED) is 0.577. The summed E-state index contributed by atoms with van der Waals surface area (Å²) in [5.74, 6) is -0.986. The number of amides is 1. The predicted molar refractivity (Wildman–Crippen MR) is 124 cm³/mol. The predicted octanol–water partition coefficient (Wildman–Crippen LogP) is 2.40. The number of esters is 1. The van der Waals surface area contributed by atoms with Gasteiger partial charge in [-0.3, -0.25) is 18.7 Å². The molecule has 9 nitrogen and oxygen atoms in total. The molecule has 0 radical (unpaired) electrons. The van der Waals surface area contributed by atoms with Crippen molar-refractivity contribution in [1.82, 2.24) is 14.1 Å². The van der Waals surface area contributed by atoms with Crippen molar-refractivity contribution in [3.8, 4) is 0 Å². The van der Waals surface area contributed by atoms with Gasteiger partial charge in [-0.15, -0.1) is 0 Å². The Kier molecular flexibility index (Phi) is 5.88. The summed E-state index contributed by atoms with van der Waals surface area (Å²) in [6, 6.07) is 7.07. The fraction of sp³-hybridized carbons (Fsp3) is 0.375. The number of carbonyl (C=O) groups excluding carboxylic acids is 2. The molecular formula is C24H26N4O5. The third-order valence-corrected chi connectivity index (χ3v) is 5.99. The highest BCUT2D eigenvalue weighted by Gasteiger charge is 2.29. The number of pyridine rings is 1. The van der Waals surface area contributed by atoms with Gasteiger partial charge in [0.1, 0.15) is 12.2 Å². The van der Waals surface area contributed by atoms with Crippen LogP contribution in [0.5, 0.6) is 0 Å². The first-order chi connectivity index (χ1) is 15.7. The minimum atomic E-state index is -0.748. The van der Waals surface area contributed by atoms with Crippen LogP contribution in [0.4, 0.5) is 5.69 Å². The highest BCUT2D eigenvalue weighted by molar-refractivity contribution is 6.02. The van der Waals surface area contributed by atoms with E-state index in [1.807, 2.05) is 26.0 Å². The van der Waals surface area contributed by atoms with Gasteiger partial charge in [-0.25, -0.2) is 14.6 Å². The first-order valence-electron chi connectivity index (χ1n) is 10.9. The summed E-state index contributed by atoms with van der Waals surface area (Å²) in [6.07, 6.45) is 1.87. The summed E-state index contributed by atoms with van der Waals surface area (Å²) in [4.78, 5) is 56.3. The van der Waals surface area contributed by atoms with Gasteiger partial charge in [0, 0.05) is 24.3 Å². The molecular weight excluding hydrogens is 424 g/mol. The van der Waals surface area contributed by atoms with Crippen molar-refractivity contribution in [2.24, 2.45) is 7.05 Å². The summed E-state index contributed by atoms with van der Waals surface area (Å²) < 4.78 is 7.19. The molecule has 0 saturated heterocycles. The molecule has 1 N–H and O–H groups in total. The summed E-state index contributed by atoms with van der Waals surface area (Å²) in [5.41, 5.74) is 1.91. The lowest BCUT2D eigenvalue weighted by Crippen LogP contribution is -2.42. The van der Waals surface area contributed by atoms with Crippen molar-refractivity contribution in [2.45, 2.75) is 46.1 Å². The molecule has 0 bridgehead atoms. The number of nitrogens with one attached hydrogen (secondary N) is 1. The maximum Gasteiger partial charge on any atom is 0.339 e. The molecule has 1 fully saturated rings. The number of fused-ring (bicyclic) bond motifs is 1. The second-order valence-corrected chi connectivity index (χ2v) is 8.32. The first-order valence-corrected chi connectivity index (χ1v) is 10.9. The van der Waals surface area contributed by atoms with Gasteiger partial charge in [-0.1, -0.05) is 12.1 Å². The normalized spacial score (nSPS) is 13.2. The average molecular weight is 450 g/mol. The molecule has 1 aromatic carbocycles. The Morgan fingerprint density at radius 1 is 1.21 bits per heavy atom. The third kappa shape index (κ3) is 4.18. The lowest BCUT2D eigenvalue weighted by Gasteiger charge is -2.14. The van der Waals surface area contributed by atoms with Crippen LogP contribution in [-0.4, -0.2) is 32.6 Å². The molecule has 9 heteroatoms. The van der Waals surface area contributed by atoms with Gasteiger partial charge in [0.25, 0.3) is 5.56 Å². The molecule has 1 aliphatic carbocycles. The summed E-state index contributed by atoms with van der Waals surface area (Å²) in [7, 11) is 1.47. The highest BCUT2D eigenvalue weighted by Crippen LogP contribution is 2.40. The number of carbonyl (C=O) groups is 2. The van der Waals surface area contributed by atoms with Crippen molar-refractivity contribution in [1.29, 1.82) is 0 Å². The van der Waals surface area contributed by atoms with E-state index in [9.17, 15) is 19.2 Å². The van der Waals surface area contributed by atoms with Crippen LogP contribution in [0.15, 0.2) is 33.9 Å². The average Bonchev–Trinajstić information content (AvgIpc) is 3.63. The van der Waals surface area contributed by atoms with Crippen molar-refractivity contribution >= 4 is 28.6 Å². The van der Waals surface area contributed by atoms with Gasteiger partial charge in [0.2, 0.25) is 5.91 Å². The Bertz CT molecular complexity index is 1400. The minimum Gasteiger partial charge on any atom is -0.462 e. The fourth-order valence-electron chi connectivity index (χ4n) is 3.82. The number of aromatic nitrogens is 3. The molecule has 4 rings (SSSR count). The van der Waals surface area contributed by atoms with Gasteiger partial charge >= 0.3 is 11.7 Å². The van der Waals surface area contributed by atoms with Crippen molar-refractivity contribution in [3.05, 3.63) is 67.5 Å². The van der Waals surface area contributed by atoms with Crippen molar-refractivity contribution in [3.63, 3.8) is 0 Å². The van der Waals surface area contributed by atoms with E-state index in [0.29, 0.717) is 11.4 Å². The Balaban J connectivity index is 1.81. The number of hydrogen-bond donors (Lipinski definition) is 1. The topological polar surface area (TPSA) is 112 Å². The standard InChI is InChI=1S/C24H26N4O5/c1-5-33-23(31)16-11-18(15-9-10-15)26-21-20(16)22(30)28(24(32)27(21)4)12-19(29)25-17-8-6-7-13(2)14(17)3/h6-8,11,15H,5,9-10,12H2,1-4H3,(H,25,29). The first kappa shape index (κ1) is 22.4. The van der Waals surface area contributed by atoms with Crippen molar-refractivity contribution in [2.75, 3.05) is 11.9 Å². The molecule has 1 saturated carbocycles. The zero-order chi connectivity index (χ0) is 23.9. The van der Waals surface area contributed by atoms with Crippen LogP contribution >= 0.6 is 0 Å². The van der Waals surface area contributed by atoms with E-state index in [1.165, 1.54) is 11.6 Å². The maximum absolute atomic E-state index is 13.4. The number of nitrogens with zero attached hydrogens (tertiary/aromatic N) is 3. The monoisotopic (exact) mass is 450 g/mol. The molecule has 2 heterocycles. The van der Waals surface area contributed by atoms with E-state index in [4.69, 9.17) is 4.74 Å². The SMILES string of the molecule is CCOC(=O)c1cc(C2CC2)nc2c1c(=O)n(CC(=O)Nc1cccc(C)c1C)c(=O)n2C. The van der Waals surface area contributed by atoms with Crippen LogP contribution in [0.1, 0.15) is 52.9 Å². The number of benzene rings is 1. The van der Waals surface area contributed by atoms with Crippen molar-refractivity contribution < 1.29 is 14.3 Å². The molecule has 0 unspecified atom stereocenters. The van der Waals surface area contributed by atoms with Gasteiger partial charge in [0.05, 0.1) is 17.6 Å². The zero-order valence-corrected chi connectivity index (χ0v) is 19.1. The van der Waals surface area contributed by atoms with Crippen LogP contribution in [0.2, 0.25) is 0 Å². The van der Waals surface area contributed by atoms with Crippen LogP contribution in [-0.2, 0) is 23.1 Å². The molecule has 0 atom stereocenters. The molecule has 0 aliphatic heterocycles. The number of hydrogen-bond acceptors (Lipinski definition) is 6. The Hall–Kier alpha value is -3.75. The third-order valence-electron chi connectivity index (χ3n) is 5.99. The number of aryl methyl sites for hydroxylation is 2. The highest BCUT2D eigenvalue weighted by atomic mass is 16.5. The molecule has 3 aromatic rings. The van der Waals surface area contributed by atoms with Crippen LogP contribution in [0.3, 0.4) is 0 Å². The van der Waals surface area contributed by atoms with E-state index in [0.717, 1.165) is 28.5 Å².